The first kappa shape index (κ1) is 5.47. The molecule has 0 saturated carbocycles. The number of fused-ring (bicyclic) bond motifs is 1. The lowest BCUT2D eigenvalue weighted by atomic mass is 10.3. The van der Waals surface area contributed by atoms with Crippen molar-refractivity contribution in [2.75, 3.05) is 0 Å². The van der Waals surface area contributed by atoms with Crippen molar-refractivity contribution in [3.63, 3.8) is 0 Å². The zero-order valence-electron chi connectivity index (χ0n) is 5.70. The molecule has 0 bridgehead atoms. The van der Waals surface area contributed by atoms with Crippen LogP contribution in [-0.2, 0) is 7.05 Å². The SMILES string of the molecule is Cn1[c]cc2cccnc21. The van der Waals surface area contributed by atoms with Crippen LogP contribution in [0.25, 0.3) is 11.0 Å². The minimum atomic E-state index is 0.988. The molecule has 2 heterocycles. The van der Waals surface area contributed by atoms with E-state index in [1.54, 1.807) is 6.20 Å². The van der Waals surface area contributed by atoms with E-state index in [4.69, 9.17) is 0 Å². The second kappa shape index (κ2) is 1.84. The Morgan fingerprint density at radius 1 is 1.60 bits per heavy atom. The number of hydrogen-bond acceptors (Lipinski definition) is 1. The van der Waals surface area contributed by atoms with Crippen molar-refractivity contribution in [3.05, 3.63) is 30.6 Å². The Morgan fingerprint density at radius 2 is 2.50 bits per heavy atom. The second-order valence-corrected chi connectivity index (χ2v) is 2.25. The predicted molar refractivity (Wildman–Crippen MR) is 39.6 cm³/mol. The molecular weight excluding hydrogens is 124 g/mol. The summed E-state index contributed by atoms with van der Waals surface area (Å²) in [5, 5.41) is 1.14. The topological polar surface area (TPSA) is 17.8 Å². The number of nitrogens with zero attached hydrogens (tertiary/aromatic N) is 2. The molecule has 0 saturated heterocycles. The maximum Gasteiger partial charge on any atom is 0.140 e. The molecule has 0 N–H and O–H groups in total. The molecule has 0 amide bonds. The zero-order valence-corrected chi connectivity index (χ0v) is 5.70. The molecule has 2 aromatic rings. The molecule has 49 valence electrons. The van der Waals surface area contributed by atoms with Crippen molar-refractivity contribution in [2.45, 2.75) is 0 Å². The van der Waals surface area contributed by atoms with E-state index in [0.717, 1.165) is 11.0 Å². The van der Waals surface area contributed by atoms with Gasteiger partial charge in [0.2, 0.25) is 0 Å². The van der Waals surface area contributed by atoms with E-state index in [2.05, 4.69) is 11.2 Å². The Balaban J connectivity index is 2.93. The Kier molecular flexibility index (Phi) is 1.01. The van der Waals surface area contributed by atoms with Crippen molar-refractivity contribution in [2.24, 2.45) is 7.05 Å². The summed E-state index contributed by atoms with van der Waals surface area (Å²) in [6.07, 6.45) is 4.82. The third-order valence-corrected chi connectivity index (χ3v) is 1.55. The molecule has 2 heteroatoms. The molecule has 2 rings (SSSR count). The smallest absolute Gasteiger partial charge is 0.140 e. The van der Waals surface area contributed by atoms with Gasteiger partial charge in [-0.15, -0.1) is 0 Å². The molecule has 10 heavy (non-hydrogen) atoms. The minimum Gasteiger partial charge on any atom is -0.327 e. The van der Waals surface area contributed by atoms with Crippen molar-refractivity contribution < 1.29 is 0 Å². The number of rotatable bonds is 0. The highest BCUT2D eigenvalue weighted by molar-refractivity contribution is 5.75. The maximum absolute atomic E-state index is 4.17. The summed E-state index contributed by atoms with van der Waals surface area (Å²) >= 11 is 0. The molecule has 0 aliphatic heterocycles. The maximum atomic E-state index is 4.17. The van der Waals surface area contributed by atoms with E-state index in [-0.39, 0.29) is 0 Å². The van der Waals surface area contributed by atoms with Gasteiger partial charge in [0.05, 0.1) is 6.20 Å². The third-order valence-electron chi connectivity index (χ3n) is 1.55. The Labute approximate surface area is 59.1 Å². The normalized spacial score (nSPS) is 10.5. The van der Waals surface area contributed by atoms with Crippen LogP contribution in [0.2, 0.25) is 0 Å². The largest absolute Gasteiger partial charge is 0.327 e. The van der Waals surface area contributed by atoms with Gasteiger partial charge in [-0.25, -0.2) is 4.98 Å². The van der Waals surface area contributed by atoms with Gasteiger partial charge in [0.1, 0.15) is 5.65 Å². The van der Waals surface area contributed by atoms with Gasteiger partial charge in [-0.1, -0.05) is 0 Å². The zero-order chi connectivity index (χ0) is 6.97. The van der Waals surface area contributed by atoms with Crippen LogP contribution in [-0.4, -0.2) is 9.55 Å². The fourth-order valence-electron chi connectivity index (χ4n) is 1.03. The van der Waals surface area contributed by atoms with Crippen LogP contribution in [0.5, 0.6) is 0 Å². The van der Waals surface area contributed by atoms with Gasteiger partial charge >= 0.3 is 0 Å². The summed E-state index contributed by atoms with van der Waals surface area (Å²) < 4.78 is 1.88. The van der Waals surface area contributed by atoms with Gasteiger partial charge in [0.15, 0.2) is 0 Å². The monoisotopic (exact) mass is 131 g/mol. The molecule has 1 radical (unpaired) electrons. The highest BCUT2D eigenvalue weighted by atomic mass is 15.0. The van der Waals surface area contributed by atoms with E-state index >= 15 is 0 Å². The van der Waals surface area contributed by atoms with Crippen LogP contribution < -0.4 is 0 Å². The fraction of sp³-hybridized carbons (Fsp3) is 0.125. The average Bonchev–Trinajstić information content (AvgIpc) is 2.34. The first-order valence-electron chi connectivity index (χ1n) is 3.16. The Bertz CT molecular complexity index is 349. The van der Waals surface area contributed by atoms with Crippen LogP contribution in [0.15, 0.2) is 24.4 Å². The predicted octanol–water partition coefficient (Wildman–Crippen LogP) is 1.37. The number of aryl methyl sites for hydroxylation is 1. The minimum absolute atomic E-state index is 0.988. The quantitative estimate of drug-likeness (QED) is 0.528. The summed E-state index contributed by atoms with van der Waals surface area (Å²) in [4.78, 5) is 4.17. The van der Waals surface area contributed by atoms with Crippen LogP contribution in [0.1, 0.15) is 0 Å². The third kappa shape index (κ3) is 0.620. The summed E-state index contributed by atoms with van der Waals surface area (Å²) in [6.45, 7) is 0. The Morgan fingerprint density at radius 3 is 3.30 bits per heavy atom. The van der Waals surface area contributed by atoms with Gasteiger partial charge in [-0.3, -0.25) is 0 Å². The summed E-state index contributed by atoms with van der Waals surface area (Å²) in [6, 6.07) is 5.89. The van der Waals surface area contributed by atoms with Crippen LogP contribution in [0.3, 0.4) is 0 Å². The first-order chi connectivity index (χ1) is 4.88. The average molecular weight is 131 g/mol. The molecule has 0 atom stereocenters. The van der Waals surface area contributed by atoms with E-state index in [9.17, 15) is 0 Å². The lowest BCUT2D eigenvalue weighted by Crippen LogP contribution is -1.85. The van der Waals surface area contributed by atoms with Crippen LogP contribution in [0.4, 0.5) is 0 Å². The highest BCUT2D eigenvalue weighted by Gasteiger charge is 1.94. The molecule has 0 fully saturated rings. The standard InChI is InChI=1S/C8H7N2/c1-10-6-4-7-3-2-5-9-8(7)10/h2-5H,1H3. The molecular formula is C8H7N2. The molecule has 0 unspecified atom stereocenters. The number of aromatic nitrogens is 2. The number of hydrogen-bond donors (Lipinski definition) is 0. The molecule has 2 nitrogen and oxygen atoms in total. The lowest BCUT2D eigenvalue weighted by Gasteiger charge is -1.90. The highest BCUT2D eigenvalue weighted by Crippen LogP contribution is 2.08. The van der Waals surface area contributed by atoms with E-state index in [1.807, 2.05) is 29.8 Å². The summed E-state index contributed by atoms with van der Waals surface area (Å²) in [7, 11) is 1.94. The van der Waals surface area contributed by atoms with E-state index in [0.29, 0.717) is 0 Å². The van der Waals surface area contributed by atoms with Gasteiger partial charge in [0, 0.05) is 18.6 Å². The lowest BCUT2D eigenvalue weighted by molar-refractivity contribution is 0.940. The van der Waals surface area contributed by atoms with Crippen molar-refractivity contribution in [1.82, 2.24) is 9.55 Å². The van der Waals surface area contributed by atoms with Crippen molar-refractivity contribution in [3.8, 4) is 0 Å². The Hall–Kier alpha value is -1.31. The van der Waals surface area contributed by atoms with Gasteiger partial charge in [-0.2, -0.15) is 0 Å². The van der Waals surface area contributed by atoms with Gasteiger partial charge in [-0.05, 0) is 18.2 Å². The molecule has 0 aliphatic carbocycles. The van der Waals surface area contributed by atoms with E-state index in [1.165, 1.54) is 0 Å². The fourth-order valence-corrected chi connectivity index (χ4v) is 1.03. The van der Waals surface area contributed by atoms with Gasteiger partial charge in [0.25, 0.3) is 0 Å². The van der Waals surface area contributed by atoms with Crippen molar-refractivity contribution >= 4 is 11.0 Å². The van der Waals surface area contributed by atoms with Crippen LogP contribution in [0, 0.1) is 6.20 Å². The molecule has 2 aromatic heterocycles. The molecule has 0 aliphatic rings. The van der Waals surface area contributed by atoms with E-state index < -0.39 is 0 Å². The number of pyridine rings is 1. The summed E-state index contributed by atoms with van der Waals surface area (Å²) in [5.41, 5.74) is 0.988. The second-order valence-electron chi connectivity index (χ2n) is 2.25. The summed E-state index contributed by atoms with van der Waals surface area (Å²) in [5.74, 6) is 0. The van der Waals surface area contributed by atoms with Crippen molar-refractivity contribution in [1.29, 1.82) is 0 Å². The first-order valence-corrected chi connectivity index (χ1v) is 3.16. The molecule has 0 spiro atoms. The van der Waals surface area contributed by atoms with Crippen LogP contribution >= 0.6 is 0 Å². The van der Waals surface area contributed by atoms with Gasteiger partial charge < -0.3 is 4.57 Å². The molecule has 0 aromatic carbocycles.